The summed E-state index contributed by atoms with van der Waals surface area (Å²) in [7, 11) is 0. The zero-order valence-electron chi connectivity index (χ0n) is 16.1. The SMILES string of the molecule is CCCCCCCCCCCCCCCCC(=O)OC1CCCN1. The van der Waals surface area contributed by atoms with Gasteiger partial charge in [-0.3, -0.25) is 10.1 Å². The van der Waals surface area contributed by atoms with Gasteiger partial charge in [0.2, 0.25) is 0 Å². The molecule has 0 spiro atoms. The Balaban J connectivity index is 1.72. The van der Waals surface area contributed by atoms with Gasteiger partial charge in [0.15, 0.2) is 6.23 Å². The summed E-state index contributed by atoms with van der Waals surface area (Å²) >= 11 is 0. The lowest BCUT2D eigenvalue weighted by molar-refractivity contribution is -0.149. The van der Waals surface area contributed by atoms with Crippen LogP contribution in [0, 0.1) is 0 Å². The van der Waals surface area contributed by atoms with Crippen LogP contribution in [0.5, 0.6) is 0 Å². The fourth-order valence-corrected chi connectivity index (χ4v) is 3.43. The van der Waals surface area contributed by atoms with Crippen LogP contribution in [-0.4, -0.2) is 18.7 Å². The number of unbranched alkanes of at least 4 members (excludes halogenated alkanes) is 13. The molecular weight excluding hydrogens is 298 g/mol. The minimum atomic E-state index is -0.0201. The summed E-state index contributed by atoms with van der Waals surface area (Å²) < 4.78 is 5.37. The molecule has 0 bridgehead atoms. The van der Waals surface area contributed by atoms with E-state index in [1.165, 1.54) is 83.5 Å². The zero-order chi connectivity index (χ0) is 17.3. The maximum atomic E-state index is 11.7. The largest absolute Gasteiger partial charge is 0.447 e. The van der Waals surface area contributed by atoms with Gasteiger partial charge in [0.25, 0.3) is 0 Å². The maximum absolute atomic E-state index is 11.7. The highest BCUT2D eigenvalue weighted by molar-refractivity contribution is 5.69. The molecule has 1 aliphatic heterocycles. The summed E-state index contributed by atoms with van der Waals surface area (Å²) in [6.45, 7) is 3.26. The number of ether oxygens (including phenoxy) is 1. The number of esters is 1. The molecule has 0 aromatic rings. The Hall–Kier alpha value is -0.570. The summed E-state index contributed by atoms with van der Waals surface area (Å²) in [5, 5.41) is 3.20. The van der Waals surface area contributed by atoms with Gasteiger partial charge in [0.1, 0.15) is 0 Å². The van der Waals surface area contributed by atoms with E-state index in [9.17, 15) is 4.79 Å². The van der Waals surface area contributed by atoms with E-state index < -0.39 is 0 Å². The molecule has 1 aliphatic rings. The Kier molecular flexibility index (Phi) is 14.3. The van der Waals surface area contributed by atoms with Crippen molar-refractivity contribution in [2.24, 2.45) is 0 Å². The van der Waals surface area contributed by atoms with Crippen LogP contribution in [0.1, 0.15) is 116 Å². The standard InChI is InChI=1S/C21H41NO2/c1-2-3-4-5-6-7-8-9-10-11-12-13-14-15-18-21(23)24-20-17-16-19-22-20/h20,22H,2-19H2,1H3. The van der Waals surface area contributed by atoms with Gasteiger partial charge in [0.05, 0.1) is 0 Å². The second kappa shape index (κ2) is 15.9. The van der Waals surface area contributed by atoms with Gasteiger partial charge < -0.3 is 4.74 Å². The second-order valence-corrected chi connectivity index (χ2v) is 7.42. The van der Waals surface area contributed by atoms with E-state index in [1.54, 1.807) is 0 Å². The Labute approximate surface area is 150 Å². The van der Waals surface area contributed by atoms with E-state index in [-0.39, 0.29) is 12.2 Å². The molecule has 1 heterocycles. The highest BCUT2D eigenvalue weighted by Gasteiger charge is 2.17. The molecule has 24 heavy (non-hydrogen) atoms. The molecule has 0 amide bonds. The normalized spacial score (nSPS) is 17.3. The van der Waals surface area contributed by atoms with Gasteiger partial charge >= 0.3 is 5.97 Å². The number of rotatable bonds is 16. The third-order valence-corrected chi connectivity index (χ3v) is 5.02. The lowest BCUT2D eigenvalue weighted by Gasteiger charge is -2.11. The van der Waals surface area contributed by atoms with E-state index >= 15 is 0 Å². The first-order valence-corrected chi connectivity index (χ1v) is 10.8. The highest BCUT2D eigenvalue weighted by Crippen LogP contribution is 2.14. The van der Waals surface area contributed by atoms with Crippen LogP contribution in [0.15, 0.2) is 0 Å². The third kappa shape index (κ3) is 12.8. The highest BCUT2D eigenvalue weighted by atomic mass is 16.6. The van der Waals surface area contributed by atoms with Crippen molar-refractivity contribution in [2.75, 3.05) is 6.54 Å². The van der Waals surface area contributed by atoms with Crippen molar-refractivity contribution < 1.29 is 9.53 Å². The predicted octanol–water partition coefficient (Wildman–Crippen LogP) is 6.11. The third-order valence-electron chi connectivity index (χ3n) is 5.02. The van der Waals surface area contributed by atoms with Gasteiger partial charge in [-0.15, -0.1) is 0 Å². The molecule has 142 valence electrons. The van der Waals surface area contributed by atoms with Crippen LogP contribution in [0.2, 0.25) is 0 Å². The topological polar surface area (TPSA) is 38.3 Å². The molecule has 1 rings (SSSR count). The van der Waals surface area contributed by atoms with Crippen LogP contribution in [0.3, 0.4) is 0 Å². The number of nitrogens with one attached hydrogen (secondary N) is 1. The molecular formula is C21H41NO2. The van der Waals surface area contributed by atoms with E-state index in [2.05, 4.69) is 12.2 Å². The molecule has 0 aliphatic carbocycles. The molecule has 0 aromatic carbocycles. The summed E-state index contributed by atoms with van der Waals surface area (Å²) in [5.41, 5.74) is 0. The molecule has 3 nitrogen and oxygen atoms in total. The molecule has 1 unspecified atom stereocenters. The van der Waals surface area contributed by atoms with Crippen molar-refractivity contribution in [2.45, 2.75) is 122 Å². The second-order valence-electron chi connectivity index (χ2n) is 7.42. The predicted molar refractivity (Wildman–Crippen MR) is 102 cm³/mol. The molecule has 1 saturated heterocycles. The van der Waals surface area contributed by atoms with E-state index in [4.69, 9.17) is 4.74 Å². The average molecular weight is 340 g/mol. The molecule has 0 saturated carbocycles. The van der Waals surface area contributed by atoms with Gasteiger partial charge in [-0.25, -0.2) is 0 Å². The van der Waals surface area contributed by atoms with Crippen molar-refractivity contribution in [3.05, 3.63) is 0 Å². The van der Waals surface area contributed by atoms with E-state index in [0.29, 0.717) is 6.42 Å². The first-order chi connectivity index (χ1) is 11.8. The van der Waals surface area contributed by atoms with Crippen LogP contribution in [-0.2, 0) is 9.53 Å². The monoisotopic (exact) mass is 339 g/mol. The molecule has 0 aromatic heterocycles. The zero-order valence-corrected chi connectivity index (χ0v) is 16.1. The van der Waals surface area contributed by atoms with Crippen molar-refractivity contribution in [3.63, 3.8) is 0 Å². The summed E-state index contributed by atoms with van der Waals surface area (Å²) in [6, 6.07) is 0. The molecule has 1 atom stereocenters. The number of hydrogen-bond donors (Lipinski definition) is 1. The lowest BCUT2D eigenvalue weighted by Crippen LogP contribution is -2.27. The van der Waals surface area contributed by atoms with Crippen molar-refractivity contribution in [1.29, 1.82) is 0 Å². The van der Waals surface area contributed by atoms with Gasteiger partial charge in [-0.1, -0.05) is 90.4 Å². The summed E-state index contributed by atoms with van der Waals surface area (Å²) in [6.07, 6.45) is 21.5. The number of hydrogen-bond acceptors (Lipinski definition) is 3. The molecule has 3 heteroatoms. The number of carbonyl (C=O) groups excluding carboxylic acids is 1. The lowest BCUT2D eigenvalue weighted by atomic mass is 10.0. The summed E-state index contributed by atoms with van der Waals surface area (Å²) in [4.78, 5) is 11.7. The van der Waals surface area contributed by atoms with Crippen molar-refractivity contribution in [3.8, 4) is 0 Å². The fourth-order valence-electron chi connectivity index (χ4n) is 3.43. The van der Waals surface area contributed by atoms with Crippen molar-refractivity contribution in [1.82, 2.24) is 5.32 Å². The van der Waals surface area contributed by atoms with Crippen LogP contribution in [0.25, 0.3) is 0 Å². The first-order valence-electron chi connectivity index (χ1n) is 10.8. The maximum Gasteiger partial charge on any atom is 0.307 e. The Morgan fingerprint density at radius 3 is 1.79 bits per heavy atom. The molecule has 0 radical (unpaired) electrons. The smallest absolute Gasteiger partial charge is 0.307 e. The minimum Gasteiger partial charge on any atom is -0.447 e. The Bertz CT molecular complexity index is 288. The minimum absolute atomic E-state index is 0.0101. The molecule has 1 N–H and O–H groups in total. The quantitative estimate of drug-likeness (QED) is 0.272. The average Bonchev–Trinajstić information content (AvgIpc) is 3.08. The van der Waals surface area contributed by atoms with Crippen LogP contribution < -0.4 is 5.32 Å². The summed E-state index contributed by atoms with van der Waals surface area (Å²) in [5.74, 6) is -0.0201. The Morgan fingerprint density at radius 1 is 0.833 bits per heavy atom. The fraction of sp³-hybridized carbons (Fsp3) is 0.952. The number of carbonyl (C=O) groups is 1. The van der Waals surface area contributed by atoms with Gasteiger partial charge in [-0.05, 0) is 25.8 Å². The van der Waals surface area contributed by atoms with Crippen molar-refractivity contribution >= 4 is 5.97 Å². The van der Waals surface area contributed by atoms with E-state index in [1.807, 2.05) is 0 Å². The van der Waals surface area contributed by atoms with Gasteiger partial charge in [0, 0.05) is 6.42 Å². The molecule has 1 fully saturated rings. The van der Waals surface area contributed by atoms with Crippen LogP contribution >= 0.6 is 0 Å². The first kappa shape index (κ1) is 21.5. The Morgan fingerprint density at radius 2 is 1.33 bits per heavy atom. The van der Waals surface area contributed by atoms with Crippen LogP contribution in [0.4, 0.5) is 0 Å². The van der Waals surface area contributed by atoms with Gasteiger partial charge in [-0.2, -0.15) is 0 Å². The van der Waals surface area contributed by atoms with E-state index in [0.717, 1.165) is 25.8 Å².